The fraction of sp³-hybridized carbons (Fsp3) is 0.350. The van der Waals surface area contributed by atoms with Crippen LogP contribution in [0, 0.1) is 0 Å². The maximum Gasteiger partial charge on any atom is 0.246 e. The molecule has 0 unspecified atom stereocenters. The molecule has 2 heterocycles. The number of ether oxygens (including phenoxy) is 1. The highest BCUT2D eigenvalue weighted by Gasteiger charge is 2.31. The van der Waals surface area contributed by atoms with Gasteiger partial charge in [0.25, 0.3) is 0 Å². The third-order valence-corrected chi connectivity index (χ3v) is 8.34. The lowest BCUT2D eigenvalue weighted by molar-refractivity contribution is 0.374. The zero-order chi connectivity index (χ0) is 20.6. The summed E-state index contributed by atoms with van der Waals surface area (Å²) in [4.78, 5) is 6.99. The van der Waals surface area contributed by atoms with Gasteiger partial charge in [0.05, 0.1) is 17.3 Å². The lowest BCUT2D eigenvalue weighted by Gasteiger charge is -2.34. The topological polar surface area (TPSA) is 62.7 Å². The Morgan fingerprint density at radius 3 is 2.59 bits per heavy atom. The number of benzene rings is 2. The van der Waals surface area contributed by atoms with E-state index in [-0.39, 0.29) is 4.90 Å². The number of anilines is 1. The van der Waals surface area contributed by atoms with Crippen molar-refractivity contribution < 1.29 is 13.2 Å². The molecule has 0 aliphatic carbocycles. The van der Waals surface area contributed by atoms with Crippen LogP contribution in [0.25, 0.3) is 10.2 Å². The van der Waals surface area contributed by atoms with Gasteiger partial charge < -0.3 is 9.64 Å². The predicted octanol–water partition coefficient (Wildman–Crippen LogP) is 4.03. The number of rotatable bonds is 5. The summed E-state index contributed by atoms with van der Waals surface area (Å²) in [5.74, 6) is 0.301. The van der Waals surface area contributed by atoms with Crippen molar-refractivity contribution >= 4 is 48.3 Å². The zero-order valence-corrected chi connectivity index (χ0v) is 18.6. The van der Waals surface area contributed by atoms with E-state index in [2.05, 4.69) is 30.0 Å². The van der Waals surface area contributed by atoms with Gasteiger partial charge in [-0.15, -0.1) is 0 Å². The summed E-state index contributed by atoms with van der Waals surface area (Å²) in [6.45, 7) is 4.07. The number of sulfonamides is 1. The molecule has 1 saturated heterocycles. The van der Waals surface area contributed by atoms with Crippen LogP contribution in [0.4, 0.5) is 5.13 Å². The average molecular weight is 452 g/mol. The summed E-state index contributed by atoms with van der Waals surface area (Å²) < 4.78 is 34.1. The van der Waals surface area contributed by atoms with Crippen LogP contribution in [-0.4, -0.2) is 51.0 Å². The monoisotopic (exact) mass is 451 g/mol. The van der Waals surface area contributed by atoms with Crippen molar-refractivity contribution in [2.45, 2.75) is 18.2 Å². The maximum absolute atomic E-state index is 13.1. The Morgan fingerprint density at radius 1 is 1.14 bits per heavy atom. The molecule has 0 saturated carbocycles. The Kier molecular flexibility index (Phi) is 5.70. The lowest BCUT2D eigenvalue weighted by Crippen LogP contribution is -2.48. The molecule has 0 amide bonds. The third kappa shape index (κ3) is 3.94. The van der Waals surface area contributed by atoms with Gasteiger partial charge in [-0.25, -0.2) is 13.4 Å². The molecule has 1 aromatic heterocycles. The minimum Gasteiger partial charge on any atom is -0.495 e. The van der Waals surface area contributed by atoms with Crippen molar-refractivity contribution in [1.29, 1.82) is 0 Å². The van der Waals surface area contributed by atoms with Crippen LogP contribution in [0.3, 0.4) is 0 Å². The Hall–Kier alpha value is -1.87. The molecule has 4 rings (SSSR count). The minimum atomic E-state index is -3.69. The van der Waals surface area contributed by atoms with Gasteiger partial charge in [0.2, 0.25) is 10.0 Å². The Bertz CT molecular complexity index is 1140. The van der Waals surface area contributed by atoms with E-state index in [4.69, 9.17) is 21.3 Å². The normalized spacial score (nSPS) is 15.8. The fourth-order valence-electron chi connectivity index (χ4n) is 3.42. The Balaban J connectivity index is 1.53. The number of methoxy groups -OCH3 is 1. The number of halogens is 1. The number of nitrogens with zero attached hydrogens (tertiary/aromatic N) is 3. The van der Waals surface area contributed by atoms with Gasteiger partial charge in [-0.2, -0.15) is 4.31 Å². The molecule has 1 aliphatic heterocycles. The van der Waals surface area contributed by atoms with Gasteiger partial charge in [-0.05, 0) is 42.3 Å². The van der Waals surface area contributed by atoms with Crippen molar-refractivity contribution in [2.24, 2.45) is 0 Å². The largest absolute Gasteiger partial charge is 0.495 e. The summed E-state index contributed by atoms with van der Waals surface area (Å²) in [5.41, 5.74) is 2.28. The summed E-state index contributed by atoms with van der Waals surface area (Å²) in [6, 6.07) is 11.0. The van der Waals surface area contributed by atoms with E-state index < -0.39 is 10.0 Å². The van der Waals surface area contributed by atoms with Crippen molar-refractivity contribution in [3.63, 3.8) is 0 Å². The molecule has 6 nitrogen and oxygen atoms in total. The number of aryl methyl sites for hydroxylation is 1. The number of hydrogen-bond acceptors (Lipinski definition) is 6. The van der Waals surface area contributed by atoms with Crippen molar-refractivity contribution in [2.75, 3.05) is 38.2 Å². The number of piperazine rings is 1. The molecular weight excluding hydrogens is 430 g/mol. The van der Waals surface area contributed by atoms with Crippen LogP contribution in [0.1, 0.15) is 12.5 Å². The van der Waals surface area contributed by atoms with Gasteiger partial charge in [0.1, 0.15) is 10.6 Å². The average Bonchev–Trinajstić information content (AvgIpc) is 3.17. The number of thiazole rings is 1. The molecule has 0 spiro atoms. The smallest absolute Gasteiger partial charge is 0.246 e. The molecule has 29 heavy (non-hydrogen) atoms. The van der Waals surface area contributed by atoms with E-state index in [9.17, 15) is 8.42 Å². The molecule has 154 valence electrons. The van der Waals surface area contributed by atoms with Crippen molar-refractivity contribution in [3.8, 4) is 5.75 Å². The highest BCUT2D eigenvalue weighted by molar-refractivity contribution is 7.89. The van der Waals surface area contributed by atoms with Crippen molar-refractivity contribution in [3.05, 3.63) is 47.0 Å². The molecule has 0 N–H and O–H groups in total. The van der Waals surface area contributed by atoms with Crippen LogP contribution >= 0.6 is 22.9 Å². The second-order valence-corrected chi connectivity index (χ2v) is 10.2. The summed E-state index contributed by atoms with van der Waals surface area (Å²) >= 11 is 7.68. The molecule has 0 bridgehead atoms. The quantitative estimate of drug-likeness (QED) is 0.586. The first kappa shape index (κ1) is 20.4. The van der Waals surface area contributed by atoms with E-state index in [1.807, 2.05) is 0 Å². The minimum absolute atomic E-state index is 0.105. The summed E-state index contributed by atoms with van der Waals surface area (Å²) in [7, 11) is -2.23. The van der Waals surface area contributed by atoms with Gasteiger partial charge in [-0.1, -0.05) is 35.9 Å². The molecule has 1 fully saturated rings. The van der Waals surface area contributed by atoms with Crippen LogP contribution in [0.5, 0.6) is 5.75 Å². The van der Waals surface area contributed by atoms with Crippen LogP contribution in [-0.2, 0) is 16.4 Å². The second kappa shape index (κ2) is 8.10. The fourth-order valence-corrected chi connectivity index (χ4v) is 6.34. The molecule has 9 heteroatoms. The summed E-state index contributed by atoms with van der Waals surface area (Å²) in [5, 5.41) is 1.30. The van der Waals surface area contributed by atoms with Gasteiger partial charge in [0, 0.05) is 31.2 Å². The van der Waals surface area contributed by atoms with Gasteiger partial charge in [0.15, 0.2) is 5.13 Å². The maximum atomic E-state index is 13.1. The van der Waals surface area contributed by atoms with Crippen LogP contribution in [0.15, 0.2) is 41.3 Å². The number of fused-ring (bicyclic) bond motifs is 1. The lowest BCUT2D eigenvalue weighted by atomic mass is 10.2. The second-order valence-electron chi connectivity index (χ2n) is 6.84. The molecule has 0 atom stereocenters. The van der Waals surface area contributed by atoms with E-state index in [0.29, 0.717) is 37.0 Å². The first-order chi connectivity index (χ1) is 13.9. The Labute approximate surface area is 179 Å². The highest BCUT2D eigenvalue weighted by Crippen LogP contribution is 2.33. The standard InChI is InChI=1S/C20H22ClN3O3S2/c1-3-14-4-6-16-18(12-14)28-20(22-16)23-8-10-24(11-9-23)29(25,26)19-13-15(21)5-7-17(19)27-2/h4-7,12-13H,3,8-11H2,1-2H3. The van der Waals surface area contributed by atoms with Gasteiger partial charge >= 0.3 is 0 Å². The molecule has 3 aromatic rings. The SMILES string of the molecule is CCc1ccc2nc(N3CCN(S(=O)(=O)c4cc(Cl)ccc4OC)CC3)sc2c1. The zero-order valence-electron chi connectivity index (χ0n) is 16.3. The van der Waals surface area contributed by atoms with Crippen LogP contribution < -0.4 is 9.64 Å². The van der Waals surface area contributed by atoms with E-state index in [1.54, 1.807) is 23.5 Å². The summed E-state index contributed by atoms with van der Waals surface area (Å²) in [6.07, 6.45) is 0.993. The van der Waals surface area contributed by atoms with Gasteiger partial charge in [-0.3, -0.25) is 0 Å². The molecular formula is C20H22ClN3O3S2. The Morgan fingerprint density at radius 2 is 1.90 bits per heavy atom. The molecule has 0 radical (unpaired) electrons. The first-order valence-electron chi connectivity index (χ1n) is 9.40. The highest BCUT2D eigenvalue weighted by atomic mass is 35.5. The third-order valence-electron chi connectivity index (χ3n) is 5.10. The number of hydrogen-bond donors (Lipinski definition) is 0. The number of aromatic nitrogens is 1. The van der Waals surface area contributed by atoms with Crippen molar-refractivity contribution in [1.82, 2.24) is 9.29 Å². The van der Waals surface area contributed by atoms with E-state index in [0.717, 1.165) is 21.8 Å². The predicted molar refractivity (Wildman–Crippen MR) is 118 cm³/mol. The van der Waals surface area contributed by atoms with E-state index in [1.165, 1.54) is 23.0 Å². The molecule has 2 aromatic carbocycles. The molecule has 1 aliphatic rings. The van der Waals surface area contributed by atoms with E-state index >= 15 is 0 Å². The first-order valence-corrected chi connectivity index (χ1v) is 12.0. The van der Waals surface area contributed by atoms with Crippen LogP contribution in [0.2, 0.25) is 5.02 Å².